The van der Waals surface area contributed by atoms with Gasteiger partial charge in [0.2, 0.25) is 0 Å². The van der Waals surface area contributed by atoms with Crippen molar-refractivity contribution in [2.24, 2.45) is 0 Å². The largest absolute Gasteiger partial charge is 0.401 e. The molecule has 2 aromatic heterocycles. The molecule has 0 unspecified atom stereocenters. The number of rotatable bonds is 1. The zero-order valence-corrected chi connectivity index (χ0v) is 9.98. The Hall–Kier alpha value is -1.68. The summed E-state index contributed by atoms with van der Waals surface area (Å²) < 4.78 is 3.05. The van der Waals surface area contributed by atoms with Crippen molar-refractivity contribution < 1.29 is 4.40 Å². The first-order chi connectivity index (χ1) is 7.83. The summed E-state index contributed by atoms with van der Waals surface area (Å²) in [7, 11) is 0. The molecule has 0 saturated carbocycles. The van der Waals surface area contributed by atoms with Crippen molar-refractivity contribution in [2.75, 3.05) is 0 Å². The molecule has 0 bridgehead atoms. The molecule has 0 saturated heterocycles. The summed E-state index contributed by atoms with van der Waals surface area (Å²) >= 11 is 3.42. The average Bonchev–Trinajstić information content (AvgIpc) is 2.73. The smallest absolute Gasteiger partial charge is 0.238 e. The van der Waals surface area contributed by atoms with E-state index in [4.69, 9.17) is 0 Å². The molecule has 16 heavy (non-hydrogen) atoms. The Balaban J connectivity index is 2.15. The van der Waals surface area contributed by atoms with Crippen molar-refractivity contribution in [2.45, 2.75) is 0 Å². The molecule has 0 spiro atoms. The lowest BCUT2D eigenvalue weighted by molar-refractivity contribution is -0.512. The van der Waals surface area contributed by atoms with Crippen LogP contribution in [0.2, 0.25) is 0 Å². The van der Waals surface area contributed by atoms with E-state index in [1.165, 1.54) is 0 Å². The Morgan fingerprint density at radius 2 is 2.00 bits per heavy atom. The number of hydrogen-bond acceptors (Lipinski definition) is 1. The molecule has 3 nitrogen and oxygen atoms in total. The maximum Gasteiger partial charge on any atom is 0.401 e. The maximum absolute atomic E-state index is 4.24. The maximum atomic E-state index is 4.24. The van der Waals surface area contributed by atoms with E-state index < -0.39 is 0 Å². The minimum absolute atomic E-state index is 0.848. The second kappa shape index (κ2) is 3.72. The third-order valence-corrected chi connectivity index (χ3v) is 2.97. The van der Waals surface area contributed by atoms with Crippen LogP contribution in [0, 0.1) is 0 Å². The van der Waals surface area contributed by atoms with Crippen LogP contribution in [0.25, 0.3) is 17.0 Å². The fourth-order valence-electron chi connectivity index (χ4n) is 1.65. The molecule has 3 rings (SSSR count). The van der Waals surface area contributed by atoms with Crippen LogP contribution in [-0.4, -0.2) is 9.97 Å². The van der Waals surface area contributed by atoms with E-state index in [1.54, 1.807) is 6.20 Å². The van der Waals surface area contributed by atoms with Crippen LogP contribution < -0.4 is 4.40 Å². The lowest BCUT2D eigenvalue weighted by Gasteiger charge is -1.93. The van der Waals surface area contributed by atoms with Gasteiger partial charge in [-0.3, -0.25) is 0 Å². The molecule has 3 aromatic rings. The SMILES string of the molecule is Brc1ccc(-c2c[n+]3cccnc3[nH]2)cc1. The molecule has 0 atom stereocenters. The Bertz CT molecular complexity index is 595. The summed E-state index contributed by atoms with van der Waals surface area (Å²) in [4.78, 5) is 7.51. The highest BCUT2D eigenvalue weighted by Crippen LogP contribution is 2.19. The van der Waals surface area contributed by atoms with Crippen molar-refractivity contribution >= 4 is 21.7 Å². The Morgan fingerprint density at radius 1 is 1.19 bits per heavy atom. The third-order valence-electron chi connectivity index (χ3n) is 2.44. The number of nitrogens with zero attached hydrogens (tertiary/aromatic N) is 2. The fraction of sp³-hybridized carbons (Fsp3) is 0. The average molecular weight is 275 g/mol. The van der Waals surface area contributed by atoms with E-state index >= 15 is 0 Å². The molecule has 0 aliphatic heterocycles. The van der Waals surface area contributed by atoms with Gasteiger partial charge in [-0.2, -0.15) is 0 Å². The summed E-state index contributed by atoms with van der Waals surface area (Å²) in [6.45, 7) is 0. The van der Waals surface area contributed by atoms with Crippen molar-refractivity contribution in [3.8, 4) is 11.3 Å². The number of aromatic nitrogens is 3. The van der Waals surface area contributed by atoms with Crippen molar-refractivity contribution in [3.05, 3.63) is 53.4 Å². The molecule has 1 N–H and O–H groups in total. The predicted molar refractivity (Wildman–Crippen MR) is 64.9 cm³/mol. The molecule has 78 valence electrons. The van der Waals surface area contributed by atoms with E-state index in [2.05, 4.69) is 38.0 Å². The van der Waals surface area contributed by atoms with Crippen LogP contribution >= 0.6 is 15.9 Å². The summed E-state index contributed by atoms with van der Waals surface area (Å²) in [5.41, 5.74) is 2.21. The third kappa shape index (κ3) is 1.61. The second-order valence-electron chi connectivity index (χ2n) is 3.53. The molecule has 0 aliphatic rings. The summed E-state index contributed by atoms with van der Waals surface area (Å²) in [5, 5.41) is 0. The minimum Gasteiger partial charge on any atom is -0.238 e. The van der Waals surface area contributed by atoms with Crippen molar-refractivity contribution in [1.29, 1.82) is 0 Å². The summed E-state index contributed by atoms with van der Waals surface area (Å²) in [5.74, 6) is 0.848. The Labute approximate surface area is 101 Å². The standard InChI is InChI=1S/C12H8BrN3/c13-10-4-2-9(3-5-10)11-8-16-7-1-6-14-12(16)15-11/h1-8H/p+1. The molecular formula is C12H9BrN3+. The highest BCUT2D eigenvalue weighted by atomic mass is 79.9. The second-order valence-corrected chi connectivity index (χ2v) is 4.44. The van der Waals surface area contributed by atoms with Crippen LogP contribution in [0.5, 0.6) is 0 Å². The first kappa shape index (κ1) is 9.54. The molecule has 0 aliphatic carbocycles. The number of H-pyrrole nitrogens is 1. The van der Waals surface area contributed by atoms with Crippen molar-refractivity contribution in [3.63, 3.8) is 0 Å². The number of imidazole rings is 1. The van der Waals surface area contributed by atoms with E-state index in [0.29, 0.717) is 0 Å². The molecule has 0 amide bonds. The number of fused-ring (bicyclic) bond motifs is 1. The van der Waals surface area contributed by atoms with Gasteiger partial charge in [-0.1, -0.05) is 33.0 Å². The highest BCUT2D eigenvalue weighted by Gasteiger charge is 2.09. The minimum atomic E-state index is 0.848. The lowest BCUT2D eigenvalue weighted by atomic mass is 10.2. The molecule has 2 heterocycles. The van der Waals surface area contributed by atoms with E-state index in [0.717, 1.165) is 21.5 Å². The van der Waals surface area contributed by atoms with Gasteiger partial charge in [0.25, 0.3) is 0 Å². The predicted octanol–water partition coefficient (Wildman–Crippen LogP) is 2.58. The van der Waals surface area contributed by atoms with Gasteiger partial charge < -0.3 is 0 Å². The molecule has 1 aromatic carbocycles. The number of hydrogen-bond donors (Lipinski definition) is 1. The quantitative estimate of drug-likeness (QED) is 0.680. The van der Waals surface area contributed by atoms with Gasteiger partial charge in [-0.05, 0) is 12.1 Å². The van der Waals surface area contributed by atoms with E-state index in [9.17, 15) is 0 Å². The fourth-order valence-corrected chi connectivity index (χ4v) is 1.92. The zero-order valence-electron chi connectivity index (χ0n) is 8.39. The van der Waals surface area contributed by atoms with E-state index in [1.807, 2.05) is 35.0 Å². The van der Waals surface area contributed by atoms with Gasteiger partial charge in [0.1, 0.15) is 18.1 Å². The number of aromatic amines is 1. The Kier molecular flexibility index (Phi) is 2.22. The lowest BCUT2D eigenvalue weighted by Crippen LogP contribution is -2.17. The van der Waals surface area contributed by atoms with Gasteiger partial charge in [0.05, 0.1) is 6.20 Å². The van der Waals surface area contributed by atoms with E-state index in [-0.39, 0.29) is 0 Å². The highest BCUT2D eigenvalue weighted by molar-refractivity contribution is 9.10. The molecular weight excluding hydrogens is 266 g/mol. The normalized spacial score (nSPS) is 10.8. The summed E-state index contributed by atoms with van der Waals surface area (Å²) in [6, 6.07) is 10.1. The van der Waals surface area contributed by atoms with Gasteiger partial charge in [0, 0.05) is 16.1 Å². The monoisotopic (exact) mass is 274 g/mol. The molecule has 4 heteroatoms. The first-order valence-corrected chi connectivity index (χ1v) is 5.73. The molecule has 0 radical (unpaired) electrons. The van der Waals surface area contributed by atoms with Gasteiger partial charge >= 0.3 is 5.78 Å². The van der Waals surface area contributed by atoms with Crippen LogP contribution in [0.4, 0.5) is 0 Å². The summed E-state index contributed by atoms with van der Waals surface area (Å²) in [6.07, 6.45) is 5.78. The van der Waals surface area contributed by atoms with Crippen LogP contribution in [0.15, 0.2) is 53.4 Å². The van der Waals surface area contributed by atoms with Gasteiger partial charge in [-0.15, -0.1) is 0 Å². The van der Waals surface area contributed by atoms with Crippen LogP contribution in [0.1, 0.15) is 0 Å². The Morgan fingerprint density at radius 3 is 2.75 bits per heavy atom. The van der Waals surface area contributed by atoms with Crippen molar-refractivity contribution in [1.82, 2.24) is 9.97 Å². The topological polar surface area (TPSA) is 32.8 Å². The molecule has 0 fully saturated rings. The van der Waals surface area contributed by atoms with Crippen LogP contribution in [0.3, 0.4) is 0 Å². The van der Waals surface area contributed by atoms with Gasteiger partial charge in [-0.25, -0.2) is 9.38 Å². The number of nitrogens with one attached hydrogen (secondary N) is 1. The zero-order chi connectivity index (χ0) is 11.0. The number of halogens is 1. The van der Waals surface area contributed by atoms with Gasteiger partial charge in [0.15, 0.2) is 0 Å². The number of benzene rings is 1. The van der Waals surface area contributed by atoms with Crippen LogP contribution in [-0.2, 0) is 0 Å². The first-order valence-electron chi connectivity index (χ1n) is 4.94.